The van der Waals surface area contributed by atoms with Gasteiger partial charge in [-0.2, -0.15) is 0 Å². The molecule has 1 saturated heterocycles. The molecule has 1 unspecified atom stereocenters. The second-order valence-electron chi connectivity index (χ2n) is 4.65. The Kier molecular flexibility index (Phi) is 3.64. The van der Waals surface area contributed by atoms with Gasteiger partial charge in [-0.1, -0.05) is 0 Å². The van der Waals surface area contributed by atoms with Crippen molar-refractivity contribution >= 4 is 17.5 Å². The fraction of sp³-hybridized carbons (Fsp3) is 0.500. The largest absolute Gasteiger partial charge is 0.481 e. The number of rotatable bonds is 3. The Hall–Kier alpha value is -2.18. The summed E-state index contributed by atoms with van der Waals surface area (Å²) in [5.41, 5.74) is 0.329. The van der Waals surface area contributed by atoms with E-state index in [1.54, 1.807) is 13.0 Å². The first kappa shape index (κ1) is 13.3. The number of pyridine rings is 1. The first-order valence-corrected chi connectivity index (χ1v) is 6.09. The molecule has 2 rings (SSSR count). The number of carbonyl (C=O) groups is 1. The Balaban J connectivity index is 2.20. The van der Waals surface area contributed by atoms with Crippen LogP contribution < -0.4 is 4.90 Å². The van der Waals surface area contributed by atoms with Gasteiger partial charge in [0.1, 0.15) is 11.5 Å². The summed E-state index contributed by atoms with van der Waals surface area (Å²) in [6.07, 6.45) is 1.45. The van der Waals surface area contributed by atoms with E-state index in [1.807, 2.05) is 4.90 Å². The van der Waals surface area contributed by atoms with Gasteiger partial charge in [-0.15, -0.1) is 0 Å². The Morgan fingerprint density at radius 2 is 2.32 bits per heavy atom. The molecule has 0 saturated carbocycles. The molecule has 0 spiro atoms. The van der Waals surface area contributed by atoms with Gasteiger partial charge in [-0.05, 0) is 25.8 Å². The van der Waals surface area contributed by atoms with Gasteiger partial charge in [0, 0.05) is 19.2 Å². The van der Waals surface area contributed by atoms with Gasteiger partial charge in [0.05, 0.1) is 10.8 Å². The second kappa shape index (κ2) is 5.21. The van der Waals surface area contributed by atoms with Gasteiger partial charge in [0.25, 0.3) is 5.69 Å². The average molecular weight is 265 g/mol. The van der Waals surface area contributed by atoms with Crippen LogP contribution in [0, 0.1) is 23.0 Å². The van der Waals surface area contributed by atoms with Gasteiger partial charge in [0.15, 0.2) is 0 Å². The van der Waals surface area contributed by atoms with Crippen LogP contribution in [-0.2, 0) is 4.79 Å². The van der Waals surface area contributed by atoms with Crippen molar-refractivity contribution in [1.82, 2.24) is 4.98 Å². The predicted molar refractivity (Wildman–Crippen MR) is 68.2 cm³/mol. The van der Waals surface area contributed by atoms with Crippen LogP contribution in [0.15, 0.2) is 12.1 Å². The lowest BCUT2D eigenvalue weighted by Gasteiger charge is -2.31. The van der Waals surface area contributed by atoms with Crippen molar-refractivity contribution in [3.63, 3.8) is 0 Å². The van der Waals surface area contributed by atoms with Crippen LogP contribution in [0.4, 0.5) is 11.5 Å². The van der Waals surface area contributed by atoms with E-state index in [0.717, 1.165) is 13.0 Å². The van der Waals surface area contributed by atoms with Crippen LogP contribution in [0.2, 0.25) is 0 Å². The first-order chi connectivity index (χ1) is 8.99. The van der Waals surface area contributed by atoms with E-state index in [2.05, 4.69) is 4.98 Å². The van der Waals surface area contributed by atoms with E-state index < -0.39 is 16.8 Å². The second-order valence-corrected chi connectivity index (χ2v) is 4.65. The highest BCUT2D eigenvalue weighted by atomic mass is 16.6. The van der Waals surface area contributed by atoms with Crippen molar-refractivity contribution in [2.45, 2.75) is 19.8 Å². The zero-order valence-corrected chi connectivity index (χ0v) is 10.6. The molecule has 1 fully saturated rings. The maximum atomic E-state index is 11.0. The molecule has 0 amide bonds. The van der Waals surface area contributed by atoms with Crippen LogP contribution in [0.1, 0.15) is 18.5 Å². The molecular weight excluding hydrogens is 250 g/mol. The summed E-state index contributed by atoms with van der Waals surface area (Å²) in [7, 11) is 0. The zero-order chi connectivity index (χ0) is 14.0. The summed E-state index contributed by atoms with van der Waals surface area (Å²) < 4.78 is 0. The number of anilines is 1. The maximum absolute atomic E-state index is 11.0. The quantitative estimate of drug-likeness (QED) is 0.658. The standard InChI is InChI=1S/C12H15N3O4/c1-8-10(15(18)19)4-5-11(13-8)14-6-2-3-9(7-14)12(16)17/h4-5,9H,2-3,6-7H2,1H3,(H,16,17). The molecule has 102 valence electrons. The SMILES string of the molecule is Cc1nc(N2CCCC(C(=O)O)C2)ccc1[N+](=O)[O-]. The van der Waals surface area contributed by atoms with Crippen LogP contribution >= 0.6 is 0 Å². The molecule has 7 heteroatoms. The number of nitro groups is 1. The minimum absolute atomic E-state index is 0.0180. The molecule has 1 aromatic rings. The van der Waals surface area contributed by atoms with E-state index in [-0.39, 0.29) is 5.69 Å². The number of hydrogen-bond acceptors (Lipinski definition) is 5. The van der Waals surface area contributed by atoms with E-state index in [4.69, 9.17) is 5.11 Å². The lowest BCUT2D eigenvalue weighted by atomic mass is 9.98. The summed E-state index contributed by atoms with van der Waals surface area (Å²) in [5, 5.41) is 19.8. The molecule has 1 N–H and O–H groups in total. The molecule has 1 aliphatic heterocycles. The first-order valence-electron chi connectivity index (χ1n) is 6.09. The maximum Gasteiger partial charge on any atom is 0.308 e. The van der Waals surface area contributed by atoms with Crippen molar-refractivity contribution in [2.75, 3.05) is 18.0 Å². The van der Waals surface area contributed by atoms with Gasteiger partial charge >= 0.3 is 5.97 Å². The van der Waals surface area contributed by atoms with E-state index in [0.29, 0.717) is 24.5 Å². The minimum Gasteiger partial charge on any atom is -0.481 e. The van der Waals surface area contributed by atoms with Crippen LogP contribution in [0.25, 0.3) is 0 Å². The van der Waals surface area contributed by atoms with Crippen LogP contribution in [-0.4, -0.2) is 34.1 Å². The minimum atomic E-state index is -0.802. The molecule has 19 heavy (non-hydrogen) atoms. The number of piperidine rings is 1. The number of carboxylic acid groups (broad SMARTS) is 1. The Labute approximate surface area is 110 Å². The van der Waals surface area contributed by atoms with Crippen molar-refractivity contribution in [2.24, 2.45) is 5.92 Å². The van der Waals surface area contributed by atoms with Crippen molar-refractivity contribution in [3.8, 4) is 0 Å². The normalized spacial score (nSPS) is 19.2. The van der Waals surface area contributed by atoms with Gasteiger partial charge in [-0.3, -0.25) is 14.9 Å². The topological polar surface area (TPSA) is 96.6 Å². The lowest BCUT2D eigenvalue weighted by Crippen LogP contribution is -2.39. The molecule has 0 aromatic carbocycles. The summed E-state index contributed by atoms with van der Waals surface area (Å²) in [6.45, 7) is 2.72. The number of hydrogen-bond donors (Lipinski definition) is 1. The molecule has 1 aromatic heterocycles. The van der Waals surface area contributed by atoms with Crippen molar-refractivity contribution in [1.29, 1.82) is 0 Å². The highest BCUT2D eigenvalue weighted by Gasteiger charge is 2.26. The van der Waals surface area contributed by atoms with Crippen molar-refractivity contribution in [3.05, 3.63) is 27.9 Å². The lowest BCUT2D eigenvalue weighted by molar-refractivity contribution is -0.385. The molecular formula is C12H15N3O4. The van der Waals surface area contributed by atoms with Crippen molar-refractivity contribution < 1.29 is 14.8 Å². The Bertz CT molecular complexity index is 518. The fourth-order valence-electron chi connectivity index (χ4n) is 2.30. The summed E-state index contributed by atoms with van der Waals surface area (Å²) in [4.78, 5) is 27.3. The fourth-order valence-corrected chi connectivity index (χ4v) is 2.30. The van der Waals surface area contributed by atoms with Crippen LogP contribution in [0.3, 0.4) is 0 Å². The molecule has 2 heterocycles. The number of aliphatic carboxylic acids is 1. The number of carboxylic acids is 1. The summed E-state index contributed by atoms with van der Waals surface area (Å²) in [5.74, 6) is -0.594. The smallest absolute Gasteiger partial charge is 0.308 e. The van der Waals surface area contributed by atoms with Gasteiger partial charge in [-0.25, -0.2) is 4.98 Å². The van der Waals surface area contributed by atoms with Gasteiger partial charge in [0.2, 0.25) is 0 Å². The third-order valence-corrected chi connectivity index (χ3v) is 3.33. The van der Waals surface area contributed by atoms with Crippen LogP contribution in [0.5, 0.6) is 0 Å². The Morgan fingerprint density at radius 1 is 1.58 bits per heavy atom. The molecule has 1 atom stereocenters. The Morgan fingerprint density at radius 3 is 2.89 bits per heavy atom. The zero-order valence-electron chi connectivity index (χ0n) is 10.6. The summed E-state index contributed by atoms with van der Waals surface area (Å²) in [6, 6.07) is 3.00. The molecule has 7 nitrogen and oxygen atoms in total. The molecule has 0 bridgehead atoms. The van der Waals surface area contributed by atoms with E-state index in [9.17, 15) is 14.9 Å². The highest BCUT2D eigenvalue weighted by molar-refractivity contribution is 5.71. The number of aryl methyl sites for hydroxylation is 1. The third kappa shape index (κ3) is 2.81. The number of aromatic nitrogens is 1. The van der Waals surface area contributed by atoms with E-state index in [1.165, 1.54) is 6.07 Å². The molecule has 1 aliphatic rings. The highest BCUT2D eigenvalue weighted by Crippen LogP contribution is 2.25. The molecule has 0 radical (unpaired) electrons. The monoisotopic (exact) mass is 265 g/mol. The number of nitrogens with zero attached hydrogens (tertiary/aromatic N) is 3. The van der Waals surface area contributed by atoms with Gasteiger partial charge < -0.3 is 10.0 Å². The third-order valence-electron chi connectivity index (χ3n) is 3.33. The van der Waals surface area contributed by atoms with E-state index >= 15 is 0 Å². The molecule has 0 aliphatic carbocycles. The predicted octanol–water partition coefficient (Wildman–Crippen LogP) is 1.60. The summed E-state index contributed by atoms with van der Waals surface area (Å²) >= 11 is 0. The average Bonchev–Trinajstić information content (AvgIpc) is 2.38.